The normalized spacial score (nSPS) is 11.2. The van der Waals surface area contributed by atoms with Crippen LogP contribution in [0, 0.1) is 13.8 Å². The molecule has 0 bridgehead atoms. The van der Waals surface area contributed by atoms with Crippen molar-refractivity contribution in [2.24, 2.45) is 5.10 Å². The lowest BCUT2D eigenvalue weighted by Crippen LogP contribution is -2.26. The third-order valence-corrected chi connectivity index (χ3v) is 3.40. The van der Waals surface area contributed by atoms with E-state index in [0.29, 0.717) is 17.0 Å². The molecule has 0 radical (unpaired) electrons. The van der Waals surface area contributed by atoms with Gasteiger partial charge in [0.2, 0.25) is 0 Å². The number of rotatable bonds is 5. The van der Waals surface area contributed by atoms with Crippen molar-refractivity contribution in [2.75, 3.05) is 6.61 Å². The molecule has 2 N–H and O–H groups in total. The molecule has 0 saturated carbocycles. The van der Waals surface area contributed by atoms with Crippen LogP contribution in [0.2, 0.25) is 0 Å². The fourth-order valence-corrected chi connectivity index (χ4v) is 2.18. The van der Waals surface area contributed by atoms with Crippen molar-refractivity contribution in [3.63, 3.8) is 0 Å². The Kier molecular flexibility index (Phi) is 5.36. The zero-order valence-corrected chi connectivity index (χ0v) is 13.5. The molecule has 1 amide bonds. The third-order valence-electron chi connectivity index (χ3n) is 3.40. The Morgan fingerprint density at radius 2 is 1.78 bits per heavy atom. The Morgan fingerprint density at radius 1 is 1.13 bits per heavy atom. The van der Waals surface area contributed by atoms with Gasteiger partial charge in [-0.05, 0) is 44.0 Å². The minimum Gasteiger partial charge on any atom is -0.507 e. The molecule has 0 atom stereocenters. The molecule has 120 valence electrons. The molecule has 2 rings (SSSR count). The van der Waals surface area contributed by atoms with Gasteiger partial charge in [0.1, 0.15) is 11.5 Å². The van der Waals surface area contributed by atoms with Crippen LogP contribution in [0.1, 0.15) is 23.6 Å². The molecule has 0 aliphatic heterocycles. The van der Waals surface area contributed by atoms with Gasteiger partial charge >= 0.3 is 0 Å². The lowest BCUT2D eigenvalue weighted by molar-refractivity contribution is -0.123. The summed E-state index contributed by atoms with van der Waals surface area (Å²) in [6, 6.07) is 12.6. The molecule has 0 aliphatic rings. The second kappa shape index (κ2) is 7.45. The molecular formula is C18H20N2O3. The maximum absolute atomic E-state index is 11.9. The van der Waals surface area contributed by atoms with Crippen LogP contribution in [0.5, 0.6) is 11.5 Å². The van der Waals surface area contributed by atoms with Crippen molar-refractivity contribution in [1.82, 2.24) is 5.43 Å². The van der Waals surface area contributed by atoms with Crippen LogP contribution in [-0.4, -0.2) is 23.3 Å². The average molecular weight is 312 g/mol. The number of hydrogen-bond donors (Lipinski definition) is 2. The molecule has 0 fully saturated rings. The van der Waals surface area contributed by atoms with E-state index in [1.54, 1.807) is 31.2 Å². The first-order valence-electron chi connectivity index (χ1n) is 7.29. The lowest BCUT2D eigenvalue weighted by atomic mass is 10.1. The fraction of sp³-hybridized carbons (Fsp3) is 0.222. The van der Waals surface area contributed by atoms with Gasteiger partial charge in [0.25, 0.3) is 5.91 Å². The number of benzene rings is 2. The number of hydrogen-bond acceptors (Lipinski definition) is 4. The minimum absolute atomic E-state index is 0.120. The molecule has 0 saturated heterocycles. The summed E-state index contributed by atoms with van der Waals surface area (Å²) in [4.78, 5) is 11.9. The highest BCUT2D eigenvalue weighted by molar-refractivity contribution is 6.01. The second-order valence-corrected chi connectivity index (χ2v) is 5.26. The lowest BCUT2D eigenvalue weighted by Gasteiger charge is -2.11. The predicted octanol–water partition coefficient (Wildman–Crippen LogP) is 2.93. The number of carbonyl (C=O) groups is 1. The largest absolute Gasteiger partial charge is 0.507 e. The van der Waals surface area contributed by atoms with Crippen molar-refractivity contribution in [3.05, 3.63) is 59.2 Å². The van der Waals surface area contributed by atoms with E-state index in [2.05, 4.69) is 10.5 Å². The highest BCUT2D eigenvalue weighted by Crippen LogP contribution is 2.22. The van der Waals surface area contributed by atoms with E-state index in [1.165, 1.54) is 0 Å². The SMILES string of the molecule is CC(=NNC(=O)COc1c(C)cccc1C)c1ccccc1O. The highest BCUT2D eigenvalue weighted by atomic mass is 16.5. The monoisotopic (exact) mass is 312 g/mol. The van der Waals surface area contributed by atoms with Crippen LogP contribution in [0.15, 0.2) is 47.6 Å². The van der Waals surface area contributed by atoms with Gasteiger partial charge in [0.05, 0.1) is 5.71 Å². The number of carbonyl (C=O) groups excluding carboxylic acids is 1. The number of phenols is 1. The topological polar surface area (TPSA) is 70.9 Å². The zero-order valence-electron chi connectivity index (χ0n) is 13.5. The van der Waals surface area contributed by atoms with Crippen LogP contribution in [-0.2, 0) is 4.79 Å². The van der Waals surface area contributed by atoms with Gasteiger partial charge in [-0.3, -0.25) is 4.79 Å². The van der Waals surface area contributed by atoms with E-state index in [0.717, 1.165) is 11.1 Å². The van der Waals surface area contributed by atoms with Crippen LogP contribution in [0.25, 0.3) is 0 Å². The molecule has 2 aromatic rings. The predicted molar refractivity (Wildman–Crippen MR) is 89.9 cm³/mol. The Hall–Kier alpha value is -2.82. The summed E-state index contributed by atoms with van der Waals surface area (Å²) >= 11 is 0. The molecular weight excluding hydrogens is 292 g/mol. The smallest absolute Gasteiger partial charge is 0.277 e. The summed E-state index contributed by atoms with van der Waals surface area (Å²) in [5.41, 5.74) is 5.48. The number of amides is 1. The molecule has 0 heterocycles. The molecule has 23 heavy (non-hydrogen) atoms. The molecule has 2 aromatic carbocycles. The van der Waals surface area contributed by atoms with Crippen molar-refractivity contribution in [3.8, 4) is 11.5 Å². The quantitative estimate of drug-likeness (QED) is 0.659. The van der Waals surface area contributed by atoms with Gasteiger partial charge in [-0.15, -0.1) is 0 Å². The summed E-state index contributed by atoms with van der Waals surface area (Å²) < 4.78 is 5.56. The Labute approximate surface area is 135 Å². The van der Waals surface area contributed by atoms with Crippen LogP contribution in [0.4, 0.5) is 0 Å². The van der Waals surface area contributed by atoms with E-state index in [4.69, 9.17) is 4.74 Å². The molecule has 0 spiro atoms. The van der Waals surface area contributed by atoms with Crippen molar-refractivity contribution < 1.29 is 14.6 Å². The van der Waals surface area contributed by atoms with Crippen molar-refractivity contribution >= 4 is 11.6 Å². The van der Waals surface area contributed by atoms with Gasteiger partial charge in [-0.25, -0.2) is 5.43 Å². The molecule has 0 aliphatic carbocycles. The number of phenolic OH excluding ortho intramolecular Hbond substituents is 1. The first-order valence-corrected chi connectivity index (χ1v) is 7.29. The number of ether oxygens (including phenoxy) is 1. The summed E-state index contributed by atoms with van der Waals surface area (Å²) in [7, 11) is 0. The van der Waals surface area contributed by atoms with Gasteiger partial charge in [0, 0.05) is 5.56 Å². The van der Waals surface area contributed by atoms with Crippen LogP contribution >= 0.6 is 0 Å². The van der Waals surface area contributed by atoms with Crippen molar-refractivity contribution in [2.45, 2.75) is 20.8 Å². The second-order valence-electron chi connectivity index (χ2n) is 5.26. The molecule has 0 aromatic heterocycles. The van der Waals surface area contributed by atoms with E-state index in [9.17, 15) is 9.90 Å². The number of aryl methyl sites for hydroxylation is 2. The average Bonchev–Trinajstić information content (AvgIpc) is 2.52. The number of aromatic hydroxyl groups is 1. The molecule has 5 nitrogen and oxygen atoms in total. The number of hydrazone groups is 1. The molecule has 5 heteroatoms. The van der Waals surface area contributed by atoms with E-state index in [-0.39, 0.29) is 18.3 Å². The maximum atomic E-state index is 11.9. The van der Waals surface area contributed by atoms with Crippen LogP contribution in [0.3, 0.4) is 0 Å². The first-order chi connectivity index (χ1) is 11.0. The van der Waals surface area contributed by atoms with Gasteiger partial charge in [0.15, 0.2) is 6.61 Å². The Morgan fingerprint density at radius 3 is 2.43 bits per heavy atom. The standard InChI is InChI=1S/C18H20N2O3/c1-12-7-6-8-13(2)18(12)23-11-17(22)20-19-14(3)15-9-4-5-10-16(15)21/h4-10,21H,11H2,1-3H3,(H,20,22). The van der Waals surface area contributed by atoms with Crippen molar-refractivity contribution in [1.29, 1.82) is 0 Å². The highest BCUT2D eigenvalue weighted by Gasteiger charge is 2.08. The summed E-state index contributed by atoms with van der Waals surface area (Å²) in [5, 5.41) is 13.7. The fourth-order valence-electron chi connectivity index (χ4n) is 2.18. The first kappa shape index (κ1) is 16.5. The zero-order chi connectivity index (χ0) is 16.8. The Bertz CT molecular complexity index is 719. The van der Waals surface area contributed by atoms with Gasteiger partial charge < -0.3 is 9.84 Å². The van der Waals surface area contributed by atoms with E-state index >= 15 is 0 Å². The van der Waals surface area contributed by atoms with E-state index in [1.807, 2.05) is 32.0 Å². The number of nitrogens with one attached hydrogen (secondary N) is 1. The number of para-hydroxylation sites is 2. The van der Waals surface area contributed by atoms with Gasteiger partial charge in [-0.1, -0.05) is 30.3 Å². The van der Waals surface area contributed by atoms with E-state index < -0.39 is 0 Å². The van der Waals surface area contributed by atoms with Crippen LogP contribution < -0.4 is 10.2 Å². The summed E-state index contributed by atoms with van der Waals surface area (Å²) in [5.74, 6) is 0.473. The number of nitrogens with zero attached hydrogens (tertiary/aromatic N) is 1. The summed E-state index contributed by atoms with van der Waals surface area (Å²) in [6.45, 7) is 5.45. The minimum atomic E-state index is -0.359. The maximum Gasteiger partial charge on any atom is 0.277 e. The third kappa shape index (κ3) is 4.32. The Balaban J connectivity index is 1.95. The molecule has 0 unspecified atom stereocenters. The van der Waals surface area contributed by atoms with Gasteiger partial charge in [-0.2, -0.15) is 5.10 Å². The summed E-state index contributed by atoms with van der Waals surface area (Å²) in [6.07, 6.45) is 0.